The minimum atomic E-state index is -3.87. The van der Waals surface area contributed by atoms with Gasteiger partial charge in [-0.1, -0.05) is 6.92 Å². The number of hydrogen-bond donors (Lipinski definition) is 3. The Morgan fingerprint density at radius 1 is 1.08 bits per heavy atom. The van der Waals surface area contributed by atoms with Crippen molar-refractivity contribution in [3.63, 3.8) is 0 Å². The number of carbonyl (C=O) groups is 1. The van der Waals surface area contributed by atoms with Gasteiger partial charge in [-0.05, 0) is 60.9 Å². The van der Waals surface area contributed by atoms with Gasteiger partial charge < -0.3 is 4.57 Å². The van der Waals surface area contributed by atoms with Crippen molar-refractivity contribution in [2.45, 2.75) is 26.3 Å². The number of thiol groups is 1. The Bertz CT molecular complexity index is 1470. The molecule has 3 aromatic rings. The zero-order valence-electron chi connectivity index (χ0n) is 19.7. The largest absolute Gasteiger partial charge is 0.318 e. The van der Waals surface area contributed by atoms with Crippen molar-refractivity contribution < 1.29 is 26.2 Å². The van der Waals surface area contributed by atoms with Crippen LogP contribution in [0.4, 0.5) is 14.5 Å². The number of hydrogen-bond acceptors (Lipinski definition) is 5. The number of aromatic nitrogens is 1. The number of nitrogens with zero attached hydrogens (tertiary/aromatic N) is 1. The zero-order valence-corrected chi connectivity index (χ0v) is 21.4. The SMILES string of the molecule is CC[C@H](N[SH]=O)c1cc(=O)n(C)cc1-c1cc(NS(=O)(=O)CC)c(F)cc1C(=O)c1ccc(F)cc1. The molecule has 0 fully saturated rings. The Balaban J connectivity index is 2.37. The van der Waals surface area contributed by atoms with E-state index in [9.17, 15) is 26.6 Å². The predicted octanol–water partition coefficient (Wildman–Crippen LogP) is 3.22. The fourth-order valence-corrected chi connectivity index (χ4v) is 4.75. The molecule has 1 aromatic heterocycles. The lowest BCUT2D eigenvalue weighted by atomic mass is 9.89. The summed E-state index contributed by atoms with van der Waals surface area (Å²) in [4.78, 5) is 25.9. The maximum atomic E-state index is 15.1. The molecule has 36 heavy (non-hydrogen) atoms. The van der Waals surface area contributed by atoms with Crippen LogP contribution in [0.15, 0.2) is 53.5 Å². The van der Waals surface area contributed by atoms with Gasteiger partial charge in [0.15, 0.2) is 5.78 Å². The summed E-state index contributed by atoms with van der Waals surface area (Å²) in [5, 5.41) is 0. The van der Waals surface area contributed by atoms with Gasteiger partial charge in [-0.15, -0.1) is 0 Å². The van der Waals surface area contributed by atoms with Gasteiger partial charge in [0.2, 0.25) is 10.0 Å². The quantitative estimate of drug-likeness (QED) is 0.272. The van der Waals surface area contributed by atoms with Crippen molar-refractivity contribution in [1.29, 1.82) is 0 Å². The Morgan fingerprint density at radius 2 is 1.75 bits per heavy atom. The van der Waals surface area contributed by atoms with Crippen molar-refractivity contribution >= 4 is 33.3 Å². The third-order valence-corrected chi connectivity index (χ3v) is 7.35. The highest BCUT2D eigenvalue weighted by Gasteiger charge is 2.24. The van der Waals surface area contributed by atoms with Gasteiger partial charge in [-0.3, -0.25) is 14.3 Å². The summed E-state index contributed by atoms with van der Waals surface area (Å²) >= 11 is -0.391. The summed E-state index contributed by atoms with van der Waals surface area (Å²) in [6, 6.07) is 7.51. The van der Waals surface area contributed by atoms with E-state index >= 15 is 4.39 Å². The molecular weight excluding hydrogens is 512 g/mol. The second kappa shape index (κ2) is 11.2. The van der Waals surface area contributed by atoms with E-state index < -0.39 is 45.3 Å². The highest BCUT2D eigenvalue weighted by molar-refractivity contribution is 7.92. The lowest BCUT2D eigenvalue weighted by molar-refractivity contribution is 0.103. The Labute approximate surface area is 211 Å². The topological polar surface area (TPSA) is 114 Å². The van der Waals surface area contributed by atoms with E-state index in [4.69, 9.17) is 0 Å². The standard InChI is InChI=1S/C24H25F2N3O5S2/c1-4-21(27-35-32)17-12-23(30)29(3)13-19(17)16-11-22(28-36(33,34)5-2)20(26)10-18(16)24(31)14-6-8-15(25)9-7-14/h6-13,21,28,35H,4-5H2,1-3H3,(H,27,32)/t21-/m0/s1. The number of aryl methyl sites for hydroxylation is 1. The minimum Gasteiger partial charge on any atom is -0.318 e. The number of anilines is 1. The molecular formula is C24H25F2N3O5S2. The van der Waals surface area contributed by atoms with Crippen LogP contribution in [0.2, 0.25) is 0 Å². The van der Waals surface area contributed by atoms with Gasteiger partial charge in [-0.2, -0.15) is 0 Å². The first-order valence-corrected chi connectivity index (χ1v) is 13.4. The third-order valence-electron chi connectivity index (χ3n) is 5.65. The van der Waals surface area contributed by atoms with Crippen molar-refractivity contribution in [2.75, 3.05) is 10.5 Å². The number of pyridine rings is 1. The summed E-state index contributed by atoms with van der Waals surface area (Å²) < 4.78 is 70.3. The van der Waals surface area contributed by atoms with Crippen LogP contribution >= 0.6 is 0 Å². The van der Waals surface area contributed by atoms with Crippen LogP contribution in [0.25, 0.3) is 11.1 Å². The van der Waals surface area contributed by atoms with E-state index in [1.54, 1.807) is 6.92 Å². The number of sulfonamides is 1. The maximum absolute atomic E-state index is 15.1. The zero-order chi connectivity index (χ0) is 26.6. The van der Waals surface area contributed by atoms with Gasteiger partial charge >= 0.3 is 0 Å². The highest BCUT2D eigenvalue weighted by atomic mass is 32.2. The van der Waals surface area contributed by atoms with E-state index in [2.05, 4.69) is 9.44 Å². The molecule has 0 radical (unpaired) electrons. The van der Waals surface area contributed by atoms with Gasteiger partial charge in [-0.25, -0.2) is 26.1 Å². The number of ketones is 1. The minimum absolute atomic E-state index is 0.0774. The van der Waals surface area contributed by atoms with Crippen molar-refractivity contribution in [2.24, 2.45) is 7.05 Å². The normalized spacial score (nSPS) is 12.4. The summed E-state index contributed by atoms with van der Waals surface area (Å²) in [6.07, 6.45) is 1.85. The van der Waals surface area contributed by atoms with Gasteiger partial charge in [0, 0.05) is 42.0 Å². The molecule has 8 nitrogen and oxygen atoms in total. The molecule has 0 aliphatic rings. The van der Waals surface area contributed by atoms with Crippen LogP contribution in [0, 0.1) is 11.6 Å². The maximum Gasteiger partial charge on any atom is 0.250 e. The average molecular weight is 538 g/mol. The van der Waals surface area contributed by atoms with Crippen LogP contribution < -0.4 is 15.0 Å². The fraction of sp³-hybridized carbons (Fsp3) is 0.250. The van der Waals surface area contributed by atoms with Crippen molar-refractivity contribution in [3.05, 3.63) is 87.3 Å². The van der Waals surface area contributed by atoms with E-state index in [0.717, 1.165) is 18.2 Å². The molecule has 0 saturated carbocycles. The molecule has 0 unspecified atom stereocenters. The number of halogens is 2. The average Bonchev–Trinajstić information content (AvgIpc) is 2.85. The van der Waals surface area contributed by atoms with E-state index in [-0.39, 0.29) is 33.7 Å². The second-order valence-electron chi connectivity index (χ2n) is 7.99. The van der Waals surface area contributed by atoms with Gasteiger partial charge in [0.05, 0.1) is 23.3 Å². The number of benzene rings is 2. The Hall–Kier alpha value is -3.22. The molecule has 192 valence electrons. The lowest BCUT2D eigenvalue weighted by Gasteiger charge is -2.21. The lowest BCUT2D eigenvalue weighted by Crippen LogP contribution is -2.23. The van der Waals surface area contributed by atoms with E-state index in [1.807, 2.05) is 0 Å². The first-order chi connectivity index (χ1) is 17.0. The van der Waals surface area contributed by atoms with E-state index in [1.165, 1.54) is 49.0 Å². The molecule has 1 heterocycles. The third kappa shape index (κ3) is 5.94. The molecule has 0 amide bonds. The molecule has 0 aliphatic carbocycles. The Morgan fingerprint density at radius 3 is 2.33 bits per heavy atom. The molecule has 0 aliphatic heterocycles. The monoisotopic (exact) mass is 537 g/mol. The van der Waals surface area contributed by atoms with Crippen molar-refractivity contribution in [3.8, 4) is 11.1 Å². The van der Waals surface area contributed by atoms with Crippen LogP contribution in [0.3, 0.4) is 0 Å². The number of nitrogens with one attached hydrogen (secondary N) is 2. The van der Waals surface area contributed by atoms with Crippen LogP contribution in [-0.4, -0.2) is 28.7 Å². The van der Waals surface area contributed by atoms with Crippen molar-refractivity contribution in [1.82, 2.24) is 9.29 Å². The number of rotatable bonds is 10. The second-order valence-corrected chi connectivity index (χ2v) is 10.4. The van der Waals surface area contributed by atoms with Crippen LogP contribution in [-0.2, 0) is 28.9 Å². The first-order valence-electron chi connectivity index (χ1n) is 10.9. The van der Waals surface area contributed by atoms with Gasteiger partial charge in [0.25, 0.3) is 5.56 Å². The molecule has 2 aromatic carbocycles. The molecule has 0 spiro atoms. The molecule has 3 rings (SSSR count). The Kier molecular flexibility index (Phi) is 8.54. The highest BCUT2D eigenvalue weighted by Crippen LogP contribution is 2.35. The smallest absolute Gasteiger partial charge is 0.250 e. The first kappa shape index (κ1) is 27.4. The fourth-order valence-electron chi connectivity index (χ4n) is 3.66. The van der Waals surface area contributed by atoms with Crippen LogP contribution in [0.1, 0.15) is 47.8 Å². The molecule has 0 bridgehead atoms. The molecule has 0 saturated heterocycles. The molecule has 2 N–H and O–H groups in total. The summed E-state index contributed by atoms with van der Waals surface area (Å²) in [7, 11) is -2.38. The van der Waals surface area contributed by atoms with E-state index in [0.29, 0.717) is 17.5 Å². The summed E-state index contributed by atoms with van der Waals surface area (Å²) in [6.45, 7) is 3.18. The van der Waals surface area contributed by atoms with Crippen LogP contribution in [0.5, 0.6) is 0 Å². The predicted molar refractivity (Wildman–Crippen MR) is 136 cm³/mol. The summed E-state index contributed by atoms with van der Waals surface area (Å²) in [5.74, 6) is -2.50. The number of carbonyl (C=O) groups excluding carboxylic acids is 1. The summed E-state index contributed by atoms with van der Waals surface area (Å²) in [5.41, 5.74) is 0.0206. The van der Waals surface area contributed by atoms with Gasteiger partial charge in [0.1, 0.15) is 11.6 Å². The molecule has 1 atom stereocenters. The molecule has 12 heteroatoms.